The van der Waals surface area contributed by atoms with Gasteiger partial charge in [-0.25, -0.2) is 0 Å². The summed E-state index contributed by atoms with van der Waals surface area (Å²) < 4.78 is 3.95. The van der Waals surface area contributed by atoms with Gasteiger partial charge in [-0.15, -0.1) is 0 Å². The summed E-state index contributed by atoms with van der Waals surface area (Å²) in [6.07, 6.45) is 3.87. The van der Waals surface area contributed by atoms with Crippen LogP contribution in [0.15, 0.2) is 90.0 Å². The molecule has 3 heterocycles. The van der Waals surface area contributed by atoms with Gasteiger partial charge in [-0.1, -0.05) is 36.4 Å². The second kappa shape index (κ2) is 5.24. The van der Waals surface area contributed by atoms with Crippen molar-refractivity contribution in [2.45, 2.75) is 0 Å². The van der Waals surface area contributed by atoms with E-state index in [1.54, 1.807) is 0 Å². The van der Waals surface area contributed by atoms with E-state index in [0.717, 1.165) is 22.5 Å². The monoisotopic (exact) mass is 325 g/mol. The second-order valence-electron chi connectivity index (χ2n) is 6.02. The predicted molar refractivity (Wildman–Crippen MR) is 101 cm³/mol. The summed E-state index contributed by atoms with van der Waals surface area (Å²) in [5.74, 6) is 0. The Kier molecular flexibility index (Phi) is 2.91. The zero-order chi connectivity index (χ0) is 16.8. The molecule has 0 saturated heterocycles. The number of rotatable bonds is 2. The number of fused-ring (bicyclic) bond motifs is 2. The van der Waals surface area contributed by atoms with Gasteiger partial charge < -0.3 is 14.1 Å². The van der Waals surface area contributed by atoms with E-state index >= 15 is 0 Å². The van der Waals surface area contributed by atoms with Gasteiger partial charge in [0.15, 0.2) is 0 Å². The number of nitrogens with zero attached hydrogens (tertiary/aromatic N) is 2. The van der Waals surface area contributed by atoms with Crippen LogP contribution in [-0.4, -0.2) is 14.1 Å². The van der Waals surface area contributed by atoms with E-state index < -0.39 is 0 Å². The number of hydrogen-bond acceptors (Lipinski definition) is 1. The van der Waals surface area contributed by atoms with Gasteiger partial charge in [-0.05, 0) is 36.4 Å². The number of aromatic amines is 1. The lowest BCUT2D eigenvalue weighted by atomic mass is 10.2. The molecule has 4 heteroatoms. The van der Waals surface area contributed by atoms with E-state index in [-0.39, 0.29) is 5.43 Å². The first kappa shape index (κ1) is 13.9. The average molecular weight is 325 g/mol. The predicted octanol–water partition coefficient (Wildman–Crippen LogP) is 4.26. The molecule has 0 fully saturated rings. The molecular formula is C21H15N3O. The molecule has 5 rings (SSSR count). The Morgan fingerprint density at radius 1 is 0.680 bits per heavy atom. The van der Waals surface area contributed by atoms with Crippen LogP contribution < -0.4 is 5.43 Å². The molecule has 2 aromatic carbocycles. The SMILES string of the molecule is O=c1c2ccn(-c3ccccc3)c2[nH]c2ccn(-c3ccccc3)c12. The number of para-hydroxylation sites is 2. The van der Waals surface area contributed by atoms with E-state index in [0.29, 0.717) is 10.9 Å². The van der Waals surface area contributed by atoms with Crippen molar-refractivity contribution < 1.29 is 0 Å². The van der Waals surface area contributed by atoms with Crippen LogP contribution in [0.2, 0.25) is 0 Å². The molecule has 0 saturated carbocycles. The van der Waals surface area contributed by atoms with Crippen molar-refractivity contribution in [3.8, 4) is 11.4 Å². The van der Waals surface area contributed by atoms with Crippen LogP contribution in [-0.2, 0) is 0 Å². The molecule has 0 aliphatic heterocycles. The minimum absolute atomic E-state index is 0.0345. The van der Waals surface area contributed by atoms with E-state index in [9.17, 15) is 4.79 Å². The maximum atomic E-state index is 13.1. The lowest BCUT2D eigenvalue weighted by Gasteiger charge is -2.07. The van der Waals surface area contributed by atoms with Gasteiger partial charge in [-0.3, -0.25) is 4.79 Å². The molecule has 5 aromatic rings. The smallest absolute Gasteiger partial charge is 0.215 e. The first-order valence-electron chi connectivity index (χ1n) is 8.18. The van der Waals surface area contributed by atoms with Gasteiger partial charge in [0.25, 0.3) is 0 Å². The summed E-state index contributed by atoms with van der Waals surface area (Å²) in [5, 5.41) is 0.687. The Bertz CT molecular complexity index is 1240. The fourth-order valence-corrected chi connectivity index (χ4v) is 3.37. The fraction of sp³-hybridized carbons (Fsp3) is 0. The molecule has 4 nitrogen and oxygen atoms in total. The van der Waals surface area contributed by atoms with Gasteiger partial charge in [0.2, 0.25) is 5.43 Å². The number of hydrogen-bond donors (Lipinski definition) is 1. The number of H-pyrrole nitrogens is 1. The van der Waals surface area contributed by atoms with Crippen molar-refractivity contribution in [1.29, 1.82) is 0 Å². The standard InChI is InChI=1S/C21H15N3O/c25-20-17-11-13-24(16-9-5-2-6-10-16)21(17)22-18-12-14-23(19(18)20)15-7-3-1-4-8-15/h1-14H,(H,22,25). The molecule has 0 unspecified atom stereocenters. The third-order valence-electron chi connectivity index (χ3n) is 4.55. The van der Waals surface area contributed by atoms with E-state index in [2.05, 4.69) is 4.98 Å². The van der Waals surface area contributed by atoms with Crippen molar-refractivity contribution in [3.63, 3.8) is 0 Å². The lowest BCUT2D eigenvalue weighted by Crippen LogP contribution is -2.08. The van der Waals surface area contributed by atoms with Crippen molar-refractivity contribution in [1.82, 2.24) is 14.1 Å². The number of benzene rings is 2. The summed E-state index contributed by atoms with van der Waals surface area (Å²) in [6, 6.07) is 23.7. The highest BCUT2D eigenvalue weighted by atomic mass is 16.1. The van der Waals surface area contributed by atoms with Crippen LogP contribution in [0.25, 0.3) is 33.4 Å². The second-order valence-corrected chi connectivity index (χ2v) is 6.02. The molecule has 0 radical (unpaired) electrons. The van der Waals surface area contributed by atoms with Crippen LogP contribution in [0.5, 0.6) is 0 Å². The topological polar surface area (TPSA) is 42.7 Å². The zero-order valence-electron chi connectivity index (χ0n) is 13.4. The number of pyridine rings is 1. The molecule has 0 atom stereocenters. The van der Waals surface area contributed by atoms with Gasteiger partial charge in [0, 0.05) is 23.8 Å². The minimum Gasteiger partial charge on any atom is -0.339 e. The van der Waals surface area contributed by atoms with E-state index in [1.165, 1.54) is 0 Å². The third kappa shape index (κ3) is 2.04. The normalized spacial score (nSPS) is 11.4. The summed E-state index contributed by atoms with van der Waals surface area (Å²) in [4.78, 5) is 16.6. The molecule has 0 spiro atoms. The Hall–Kier alpha value is -3.53. The van der Waals surface area contributed by atoms with Crippen LogP contribution in [0.1, 0.15) is 0 Å². The number of nitrogens with one attached hydrogen (secondary N) is 1. The van der Waals surface area contributed by atoms with Crippen LogP contribution in [0, 0.1) is 0 Å². The summed E-state index contributed by atoms with van der Waals surface area (Å²) in [5.41, 5.74) is 4.35. The van der Waals surface area contributed by atoms with Crippen LogP contribution in [0.4, 0.5) is 0 Å². The molecule has 0 bridgehead atoms. The molecule has 25 heavy (non-hydrogen) atoms. The van der Waals surface area contributed by atoms with E-state index in [4.69, 9.17) is 0 Å². The molecule has 0 aliphatic rings. The maximum Gasteiger partial charge on any atom is 0.215 e. The molecule has 3 aromatic heterocycles. The fourth-order valence-electron chi connectivity index (χ4n) is 3.37. The Labute approximate surface area is 143 Å². The Morgan fingerprint density at radius 2 is 1.28 bits per heavy atom. The van der Waals surface area contributed by atoms with Gasteiger partial charge in [-0.2, -0.15) is 0 Å². The number of aromatic nitrogens is 3. The third-order valence-corrected chi connectivity index (χ3v) is 4.55. The van der Waals surface area contributed by atoms with Crippen molar-refractivity contribution >= 4 is 22.1 Å². The molecule has 0 aliphatic carbocycles. The largest absolute Gasteiger partial charge is 0.339 e. The Morgan fingerprint density at radius 3 is 1.96 bits per heavy atom. The quantitative estimate of drug-likeness (QED) is 0.518. The van der Waals surface area contributed by atoms with Crippen LogP contribution in [0.3, 0.4) is 0 Å². The summed E-state index contributed by atoms with van der Waals surface area (Å²) in [6.45, 7) is 0. The maximum absolute atomic E-state index is 13.1. The lowest BCUT2D eigenvalue weighted by molar-refractivity contribution is 1.10. The highest BCUT2D eigenvalue weighted by Crippen LogP contribution is 2.22. The van der Waals surface area contributed by atoms with Crippen molar-refractivity contribution in [2.24, 2.45) is 0 Å². The molecule has 1 N–H and O–H groups in total. The highest BCUT2D eigenvalue weighted by molar-refractivity contribution is 5.91. The molecule has 120 valence electrons. The minimum atomic E-state index is 0.0345. The summed E-state index contributed by atoms with van der Waals surface area (Å²) >= 11 is 0. The molecular weight excluding hydrogens is 310 g/mol. The zero-order valence-corrected chi connectivity index (χ0v) is 13.4. The average Bonchev–Trinajstić information content (AvgIpc) is 3.28. The first-order chi connectivity index (χ1) is 12.3. The van der Waals surface area contributed by atoms with Crippen molar-refractivity contribution in [3.05, 3.63) is 95.4 Å². The van der Waals surface area contributed by atoms with Gasteiger partial charge >= 0.3 is 0 Å². The first-order valence-corrected chi connectivity index (χ1v) is 8.18. The van der Waals surface area contributed by atoms with E-state index in [1.807, 2.05) is 94.3 Å². The summed E-state index contributed by atoms with van der Waals surface area (Å²) in [7, 11) is 0. The molecule has 0 amide bonds. The highest BCUT2D eigenvalue weighted by Gasteiger charge is 2.14. The van der Waals surface area contributed by atoms with Gasteiger partial charge in [0.1, 0.15) is 11.2 Å². The van der Waals surface area contributed by atoms with Crippen molar-refractivity contribution in [2.75, 3.05) is 0 Å². The van der Waals surface area contributed by atoms with Crippen LogP contribution >= 0.6 is 0 Å². The Balaban J connectivity index is 1.82. The van der Waals surface area contributed by atoms with Gasteiger partial charge in [0.05, 0.1) is 10.9 Å².